The van der Waals surface area contributed by atoms with Crippen LogP contribution in [0.15, 0.2) is 30.5 Å². The Balaban J connectivity index is 1.73. The Kier molecular flexibility index (Phi) is 5.16. The first kappa shape index (κ1) is 17.6. The molecule has 1 amide bonds. The molecule has 0 radical (unpaired) electrons. The number of amides is 1. The highest BCUT2D eigenvalue weighted by Crippen LogP contribution is 2.29. The van der Waals surface area contributed by atoms with E-state index in [9.17, 15) is 4.79 Å². The molecule has 0 spiro atoms. The van der Waals surface area contributed by atoms with Gasteiger partial charge in [-0.3, -0.25) is 4.79 Å². The summed E-state index contributed by atoms with van der Waals surface area (Å²) in [5.41, 5.74) is 5.83. The van der Waals surface area contributed by atoms with Crippen LogP contribution in [0, 0.1) is 19.8 Å². The number of hydrogen-bond acceptors (Lipinski definition) is 2. The summed E-state index contributed by atoms with van der Waals surface area (Å²) in [4.78, 5) is 14.6. The fourth-order valence-corrected chi connectivity index (χ4v) is 3.48. The van der Waals surface area contributed by atoms with Crippen LogP contribution in [0.4, 0.5) is 11.4 Å². The molecule has 2 aromatic rings. The largest absolute Gasteiger partial charge is 0.364 e. The van der Waals surface area contributed by atoms with Crippen LogP contribution in [0.5, 0.6) is 0 Å². The predicted molar refractivity (Wildman–Crippen MR) is 104 cm³/mol. The predicted octanol–water partition coefficient (Wildman–Crippen LogP) is 4.50. The number of fused-ring (bicyclic) bond motifs is 1. The van der Waals surface area contributed by atoms with Gasteiger partial charge in [-0.2, -0.15) is 0 Å². The SMILES string of the molecule is Cc1cc(N2CCn3cccc3C2)cc(C)c1NC(=O)CCC(C)C. The van der Waals surface area contributed by atoms with E-state index in [-0.39, 0.29) is 5.91 Å². The molecule has 25 heavy (non-hydrogen) atoms. The summed E-state index contributed by atoms with van der Waals surface area (Å²) in [6.45, 7) is 11.4. The van der Waals surface area contributed by atoms with Crippen molar-refractivity contribution in [3.05, 3.63) is 47.3 Å². The summed E-state index contributed by atoms with van der Waals surface area (Å²) >= 11 is 0. The normalized spacial score (nSPS) is 13.9. The van der Waals surface area contributed by atoms with E-state index in [2.05, 4.69) is 72.9 Å². The number of benzene rings is 1. The number of nitrogens with one attached hydrogen (secondary N) is 1. The van der Waals surface area contributed by atoms with Crippen LogP contribution in [0.2, 0.25) is 0 Å². The van der Waals surface area contributed by atoms with Crippen LogP contribution in [0.1, 0.15) is 43.5 Å². The maximum Gasteiger partial charge on any atom is 0.224 e. The van der Waals surface area contributed by atoms with Gasteiger partial charge in [0, 0.05) is 42.8 Å². The lowest BCUT2D eigenvalue weighted by atomic mass is 10.0. The van der Waals surface area contributed by atoms with Crippen molar-refractivity contribution >= 4 is 17.3 Å². The van der Waals surface area contributed by atoms with E-state index in [0.29, 0.717) is 12.3 Å². The van der Waals surface area contributed by atoms with Crippen LogP contribution < -0.4 is 10.2 Å². The van der Waals surface area contributed by atoms with E-state index in [1.807, 2.05) is 0 Å². The van der Waals surface area contributed by atoms with Crippen molar-refractivity contribution in [3.63, 3.8) is 0 Å². The molecule has 0 aliphatic carbocycles. The first-order valence-electron chi connectivity index (χ1n) is 9.24. The molecule has 0 bridgehead atoms. The second-order valence-corrected chi connectivity index (χ2v) is 7.55. The second-order valence-electron chi connectivity index (χ2n) is 7.55. The van der Waals surface area contributed by atoms with Crippen molar-refractivity contribution in [2.75, 3.05) is 16.8 Å². The van der Waals surface area contributed by atoms with E-state index in [1.165, 1.54) is 11.4 Å². The highest BCUT2D eigenvalue weighted by molar-refractivity contribution is 5.92. The summed E-state index contributed by atoms with van der Waals surface area (Å²) in [7, 11) is 0. The minimum absolute atomic E-state index is 0.114. The zero-order valence-corrected chi connectivity index (χ0v) is 15.8. The van der Waals surface area contributed by atoms with Crippen LogP contribution in [-0.2, 0) is 17.9 Å². The van der Waals surface area contributed by atoms with Gasteiger partial charge in [-0.05, 0) is 61.6 Å². The summed E-state index contributed by atoms with van der Waals surface area (Å²) in [5, 5.41) is 3.11. The molecule has 1 aliphatic rings. The van der Waals surface area contributed by atoms with Gasteiger partial charge in [0.05, 0.1) is 6.54 Å². The van der Waals surface area contributed by atoms with Crippen molar-refractivity contribution in [1.82, 2.24) is 4.57 Å². The Morgan fingerprint density at radius 1 is 1.20 bits per heavy atom. The molecule has 134 valence electrons. The van der Waals surface area contributed by atoms with Gasteiger partial charge >= 0.3 is 0 Å². The van der Waals surface area contributed by atoms with Gasteiger partial charge in [0.15, 0.2) is 0 Å². The number of rotatable bonds is 5. The lowest BCUT2D eigenvalue weighted by molar-refractivity contribution is -0.116. The van der Waals surface area contributed by atoms with E-state index >= 15 is 0 Å². The van der Waals surface area contributed by atoms with E-state index in [4.69, 9.17) is 0 Å². The molecular formula is C21H29N3O. The molecule has 0 saturated carbocycles. The molecular weight excluding hydrogens is 310 g/mol. The average molecular weight is 339 g/mol. The van der Waals surface area contributed by atoms with E-state index in [1.54, 1.807) is 0 Å². The summed E-state index contributed by atoms with van der Waals surface area (Å²) < 4.78 is 2.32. The average Bonchev–Trinajstić information content (AvgIpc) is 3.03. The smallest absolute Gasteiger partial charge is 0.224 e. The Morgan fingerprint density at radius 3 is 2.60 bits per heavy atom. The maximum absolute atomic E-state index is 12.2. The minimum atomic E-state index is 0.114. The summed E-state index contributed by atoms with van der Waals surface area (Å²) in [6, 6.07) is 8.70. The molecule has 0 atom stereocenters. The van der Waals surface area contributed by atoms with E-state index < -0.39 is 0 Å². The molecule has 1 aliphatic heterocycles. The van der Waals surface area contributed by atoms with Crippen LogP contribution in [0.25, 0.3) is 0 Å². The van der Waals surface area contributed by atoms with Crippen molar-refractivity contribution in [2.45, 2.75) is 53.6 Å². The molecule has 1 aromatic heterocycles. The van der Waals surface area contributed by atoms with Crippen LogP contribution in [-0.4, -0.2) is 17.0 Å². The third kappa shape index (κ3) is 4.06. The molecule has 4 heteroatoms. The standard InChI is InChI=1S/C21H29N3O/c1-15(2)7-8-20(25)22-21-16(3)12-19(13-17(21)4)24-11-10-23-9-5-6-18(23)14-24/h5-6,9,12-13,15H,7-8,10-11,14H2,1-4H3,(H,22,25). The highest BCUT2D eigenvalue weighted by atomic mass is 16.1. The van der Waals surface area contributed by atoms with E-state index in [0.717, 1.165) is 42.9 Å². The van der Waals surface area contributed by atoms with Crippen molar-refractivity contribution < 1.29 is 4.79 Å². The lowest BCUT2D eigenvalue weighted by Crippen LogP contribution is -2.33. The highest BCUT2D eigenvalue weighted by Gasteiger charge is 2.18. The number of aryl methyl sites for hydroxylation is 2. The fourth-order valence-electron chi connectivity index (χ4n) is 3.48. The van der Waals surface area contributed by atoms with Crippen LogP contribution >= 0.6 is 0 Å². The number of carbonyl (C=O) groups excluding carboxylic acids is 1. The van der Waals surface area contributed by atoms with Gasteiger partial charge in [-0.1, -0.05) is 13.8 Å². The Labute approximate surface area is 150 Å². The molecule has 3 rings (SSSR count). The van der Waals surface area contributed by atoms with Gasteiger partial charge in [0.1, 0.15) is 0 Å². The molecule has 2 heterocycles. The molecule has 0 saturated heterocycles. The van der Waals surface area contributed by atoms with Gasteiger partial charge in [-0.25, -0.2) is 0 Å². The Hall–Kier alpha value is -2.23. The number of nitrogens with zero attached hydrogens (tertiary/aromatic N) is 2. The molecule has 4 nitrogen and oxygen atoms in total. The Bertz CT molecular complexity index is 737. The fraction of sp³-hybridized carbons (Fsp3) is 0.476. The molecule has 1 aromatic carbocycles. The third-order valence-electron chi connectivity index (χ3n) is 4.98. The quantitative estimate of drug-likeness (QED) is 0.871. The zero-order chi connectivity index (χ0) is 18.0. The van der Waals surface area contributed by atoms with Gasteiger partial charge < -0.3 is 14.8 Å². The Morgan fingerprint density at radius 2 is 1.92 bits per heavy atom. The topological polar surface area (TPSA) is 37.3 Å². The van der Waals surface area contributed by atoms with Crippen LogP contribution in [0.3, 0.4) is 0 Å². The van der Waals surface area contributed by atoms with Crippen molar-refractivity contribution in [3.8, 4) is 0 Å². The summed E-state index contributed by atoms with van der Waals surface area (Å²) in [6.07, 6.45) is 3.66. The monoisotopic (exact) mass is 339 g/mol. The molecule has 1 N–H and O–H groups in total. The van der Waals surface area contributed by atoms with Gasteiger partial charge in [-0.15, -0.1) is 0 Å². The van der Waals surface area contributed by atoms with Gasteiger partial charge in [0.2, 0.25) is 5.91 Å². The number of hydrogen-bond donors (Lipinski definition) is 1. The second kappa shape index (κ2) is 7.34. The first-order valence-corrected chi connectivity index (χ1v) is 9.24. The van der Waals surface area contributed by atoms with Gasteiger partial charge in [0.25, 0.3) is 0 Å². The lowest BCUT2D eigenvalue weighted by Gasteiger charge is -2.31. The zero-order valence-electron chi connectivity index (χ0n) is 15.8. The first-order chi connectivity index (χ1) is 11.9. The number of aromatic nitrogens is 1. The third-order valence-corrected chi connectivity index (χ3v) is 4.98. The molecule has 0 fully saturated rings. The number of anilines is 2. The van der Waals surface area contributed by atoms with Crippen molar-refractivity contribution in [1.29, 1.82) is 0 Å². The minimum Gasteiger partial charge on any atom is -0.364 e. The maximum atomic E-state index is 12.2. The number of carbonyl (C=O) groups is 1. The van der Waals surface area contributed by atoms with Crippen molar-refractivity contribution in [2.24, 2.45) is 5.92 Å². The summed E-state index contributed by atoms with van der Waals surface area (Å²) in [5.74, 6) is 0.664. The molecule has 0 unspecified atom stereocenters.